The zero-order valence-corrected chi connectivity index (χ0v) is 24.8. The van der Waals surface area contributed by atoms with E-state index in [9.17, 15) is 4.57 Å². The molecule has 1 aromatic heterocycles. The fourth-order valence-corrected chi connectivity index (χ4v) is 8.83. The van der Waals surface area contributed by atoms with Crippen LogP contribution in [0.4, 0.5) is 0 Å². The van der Waals surface area contributed by atoms with Gasteiger partial charge in [-0.25, -0.2) is 4.98 Å². The van der Waals surface area contributed by atoms with E-state index in [0.717, 1.165) is 71.1 Å². The summed E-state index contributed by atoms with van der Waals surface area (Å²) in [5.41, 5.74) is 7.30. The van der Waals surface area contributed by atoms with Gasteiger partial charge in [0.2, 0.25) is 0 Å². The third-order valence-corrected chi connectivity index (χ3v) is 11.4. The van der Waals surface area contributed by atoms with Crippen molar-refractivity contribution in [2.75, 3.05) is 0 Å². The SMILES string of the molecule is C=Cc1ccccc1-c1nc2c(ccc3ccccc32)c(-c2ccc(P(=O)(c3ccccc3)c3ccccc3)cc2)c1C. The maximum atomic E-state index is 15.0. The fourth-order valence-electron chi connectivity index (χ4n) is 6.18. The van der Waals surface area contributed by atoms with E-state index in [1.165, 1.54) is 0 Å². The van der Waals surface area contributed by atoms with E-state index in [2.05, 4.69) is 80.2 Å². The van der Waals surface area contributed by atoms with Gasteiger partial charge in [0.1, 0.15) is 0 Å². The lowest BCUT2D eigenvalue weighted by Gasteiger charge is -2.21. The van der Waals surface area contributed by atoms with Crippen LogP contribution in [0.3, 0.4) is 0 Å². The number of benzene rings is 6. The lowest BCUT2D eigenvalue weighted by Crippen LogP contribution is -2.24. The van der Waals surface area contributed by atoms with Crippen LogP contribution in [0, 0.1) is 6.92 Å². The van der Waals surface area contributed by atoms with E-state index in [4.69, 9.17) is 4.98 Å². The summed E-state index contributed by atoms with van der Waals surface area (Å²) in [5.74, 6) is 0. The summed E-state index contributed by atoms with van der Waals surface area (Å²) >= 11 is 0. The van der Waals surface area contributed by atoms with Crippen LogP contribution < -0.4 is 15.9 Å². The second-order valence-electron chi connectivity index (χ2n) is 10.8. The van der Waals surface area contributed by atoms with E-state index in [-0.39, 0.29) is 0 Å². The van der Waals surface area contributed by atoms with Gasteiger partial charge in [-0.2, -0.15) is 0 Å². The van der Waals surface area contributed by atoms with Gasteiger partial charge in [-0.15, -0.1) is 0 Å². The molecule has 0 saturated carbocycles. The number of pyridine rings is 1. The third kappa shape index (κ3) is 4.52. The maximum Gasteiger partial charge on any atom is 0.171 e. The molecule has 0 amide bonds. The quantitative estimate of drug-likeness (QED) is 0.147. The molecule has 0 aliphatic carbocycles. The zero-order valence-electron chi connectivity index (χ0n) is 23.9. The summed E-state index contributed by atoms with van der Waals surface area (Å²) in [6.45, 7) is 6.22. The van der Waals surface area contributed by atoms with Gasteiger partial charge in [-0.1, -0.05) is 158 Å². The molecule has 1 heterocycles. The Labute approximate surface area is 252 Å². The third-order valence-electron chi connectivity index (χ3n) is 8.32. The van der Waals surface area contributed by atoms with Gasteiger partial charge in [-0.05, 0) is 34.6 Å². The number of fused-ring (bicyclic) bond motifs is 3. The van der Waals surface area contributed by atoms with Gasteiger partial charge in [0, 0.05) is 32.2 Å². The Morgan fingerprint density at radius 3 is 1.86 bits per heavy atom. The highest BCUT2D eigenvalue weighted by atomic mass is 31.2. The molecule has 7 aromatic rings. The number of hydrogen-bond acceptors (Lipinski definition) is 2. The maximum absolute atomic E-state index is 15.0. The Balaban J connectivity index is 1.48. The molecule has 0 aliphatic heterocycles. The normalized spacial score (nSPS) is 11.6. The highest BCUT2D eigenvalue weighted by Crippen LogP contribution is 2.44. The number of nitrogens with zero attached hydrogens (tertiary/aromatic N) is 1. The van der Waals surface area contributed by atoms with Crippen molar-refractivity contribution in [3.63, 3.8) is 0 Å². The van der Waals surface area contributed by atoms with Crippen LogP contribution >= 0.6 is 7.14 Å². The van der Waals surface area contributed by atoms with Crippen molar-refractivity contribution >= 4 is 50.8 Å². The lowest BCUT2D eigenvalue weighted by atomic mass is 9.90. The van der Waals surface area contributed by atoms with Crippen molar-refractivity contribution in [3.8, 4) is 22.4 Å². The van der Waals surface area contributed by atoms with Crippen LogP contribution in [-0.2, 0) is 4.57 Å². The van der Waals surface area contributed by atoms with Gasteiger partial charge < -0.3 is 4.57 Å². The van der Waals surface area contributed by atoms with E-state index >= 15 is 0 Å². The van der Waals surface area contributed by atoms with Crippen LogP contribution in [0.2, 0.25) is 0 Å². The molecule has 0 fully saturated rings. The van der Waals surface area contributed by atoms with Crippen molar-refractivity contribution < 1.29 is 4.57 Å². The molecule has 0 N–H and O–H groups in total. The molecule has 0 radical (unpaired) electrons. The predicted molar refractivity (Wildman–Crippen MR) is 184 cm³/mol. The average Bonchev–Trinajstić information content (AvgIpc) is 3.08. The second kappa shape index (κ2) is 11.0. The Kier molecular flexibility index (Phi) is 6.86. The Morgan fingerprint density at radius 1 is 0.605 bits per heavy atom. The van der Waals surface area contributed by atoms with Gasteiger partial charge in [0.25, 0.3) is 0 Å². The summed E-state index contributed by atoms with van der Waals surface area (Å²) in [6, 6.07) is 49.0. The van der Waals surface area contributed by atoms with Crippen LogP contribution in [0.15, 0.2) is 152 Å². The first-order valence-electron chi connectivity index (χ1n) is 14.5. The first kappa shape index (κ1) is 26.8. The van der Waals surface area contributed by atoms with E-state index in [0.29, 0.717) is 0 Å². The molecule has 0 spiro atoms. The molecule has 6 aromatic carbocycles. The minimum atomic E-state index is -3.07. The fraction of sp³-hybridized carbons (Fsp3) is 0.0250. The summed E-state index contributed by atoms with van der Waals surface area (Å²) in [7, 11) is -3.07. The van der Waals surface area contributed by atoms with Crippen molar-refractivity contribution in [2.24, 2.45) is 0 Å². The highest BCUT2D eigenvalue weighted by molar-refractivity contribution is 7.85. The molecular weight excluding hydrogens is 541 g/mol. The first-order valence-corrected chi connectivity index (χ1v) is 16.2. The summed E-state index contributed by atoms with van der Waals surface area (Å²) < 4.78 is 15.0. The lowest BCUT2D eigenvalue weighted by molar-refractivity contribution is 0.592. The molecular formula is C40H30NOP. The van der Waals surface area contributed by atoms with Crippen molar-refractivity contribution in [1.82, 2.24) is 4.98 Å². The average molecular weight is 572 g/mol. The van der Waals surface area contributed by atoms with E-state index in [1.54, 1.807) is 0 Å². The largest absolute Gasteiger partial charge is 0.309 e. The van der Waals surface area contributed by atoms with E-state index in [1.807, 2.05) is 84.9 Å². The highest BCUT2D eigenvalue weighted by Gasteiger charge is 2.29. The molecule has 206 valence electrons. The minimum Gasteiger partial charge on any atom is -0.309 e. The monoisotopic (exact) mass is 571 g/mol. The van der Waals surface area contributed by atoms with Crippen LogP contribution in [0.5, 0.6) is 0 Å². The minimum absolute atomic E-state index is 0.812. The summed E-state index contributed by atoms with van der Waals surface area (Å²) in [5, 5.41) is 5.84. The van der Waals surface area contributed by atoms with Crippen LogP contribution in [-0.4, -0.2) is 4.98 Å². The molecule has 0 atom stereocenters. The summed E-state index contributed by atoms with van der Waals surface area (Å²) in [6.07, 6.45) is 1.89. The van der Waals surface area contributed by atoms with Gasteiger partial charge in [0.15, 0.2) is 7.14 Å². The predicted octanol–water partition coefficient (Wildman–Crippen LogP) is 9.31. The molecule has 0 saturated heterocycles. The topological polar surface area (TPSA) is 30.0 Å². The number of rotatable bonds is 6. The Morgan fingerprint density at radius 2 is 1.19 bits per heavy atom. The summed E-state index contributed by atoms with van der Waals surface area (Å²) in [4.78, 5) is 5.31. The molecule has 3 heteroatoms. The molecule has 43 heavy (non-hydrogen) atoms. The van der Waals surface area contributed by atoms with Crippen LogP contribution in [0.1, 0.15) is 11.1 Å². The van der Waals surface area contributed by atoms with Crippen molar-refractivity contribution in [3.05, 3.63) is 163 Å². The standard InChI is InChI=1S/C40H30NOP/c1-3-29-14-10-12-20-35(29)39-28(2)38(37-27-24-30-15-11-13-21-36(30)40(37)41-39)31-22-25-34(26-23-31)43(42,32-16-6-4-7-17-32)33-18-8-5-9-19-33/h3-27H,1H2,2H3. The molecule has 7 rings (SSSR count). The van der Waals surface area contributed by atoms with Crippen LogP contribution in [0.25, 0.3) is 50.1 Å². The van der Waals surface area contributed by atoms with Gasteiger partial charge in [0.05, 0.1) is 11.2 Å². The smallest absolute Gasteiger partial charge is 0.171 e. The number of hydrogen-bond donors (Lipinski definition) is 0. The van der Waals surface area contributed by atoms with Gasteiger partial charge >= 0.3 is 0 Å². The second-order valence-corrected chi connectivity index (χ2v) is 13.5. The van der Waals surface area contributed by atoms with E-state index < -0.39 is 7.14 Å². The number of aromatic nitrogens is 1. The molecule has 0 unspecified atom stereocenters. The molecule has 2 nitrogen and oxygen atoms in total. The Hall–Kier alpha value is -5.04. The molecule has 0 bridgehead atoms. The molecule has 0 aliphatic rings. The Bertz CT molecular complexity index is 2120. The van der Waals surface area contributed by atoms with Gasteiger partial charge in [-0.3, -0.25) is 0 Å². The van der Waals surface area contributed by atoms with Crippen molar-refractivity contribution in [1.29, 1.82) is 0 Å². The first-order chi connectivity index (χ1) is 21.1. The zero-order chi connectivity index (χ0) is 29.4. The van der Waals surface area contributed by atoms with Crippen molar-refractivity contribution in [2.45, 2.75) is 6.92 Å².